The Balaban J connectivity index is 1.94. The molecule has 0 bridgehead atoms. The SMILES string of the molecule is C#CCn1c(=NC(=O)c2ccc(S(=O)(=O)N(CCOC)CCOC)cc2)sc2cc(C)c(C)cc21. The molecule has 0 N–H and O–H groups in total. The molecule has 1 aromatic heterocycles. The molecule has 0 aliphatic carbocycles. The highest BCUT2D eigenvalue weighted by atomic mass is 32.2. The first-order valence-electron chi connectivity index (χ1n) is 10.9. The van der Waals surface area contributed by atoms with Gasteiger partial charge in [-0.3, -0.25) is 4.79 Å². The highest BCUT2D eigenvalue weighted by molar-refractivity contribution is 7.89. The van der Waals surface area contributed by atoms with E-state index in [1.165, 1.54) is 54.1 Å². The molecular weight excluding hydrogens is 486 g/mol. The highest BCUT2D eigenvalue weighted by Crippen LogP contribution is 2.22. The molecule has 0 saturated heterocycles. The van der Waals surface area contributed by atoms with Crippen molar-refractivity contribution in [3.05, 3.63) is 57.9 Å². The van der Waals surface area contributed by atoms with Crippen LogP contribution in [0.1, 0.15) is 21.5 Å². The quantitative estimate of drug-likeness (QED) is 0.387. The molecule has 0 atom stereocenters. The van der Waals surface area contributed by atoms with Gasteiger partial charge < -0.3 is 14.0 Å². The maximum absolute atomic E-state index is 13.1. The van der Waals surface area contributed by atoms with Gasteiger partial charge in [-0.15, -0.1) is 6.42 Å². The van der Waals surface area contributed by atoms with Crippen LogP contribution in [-0.4, -0.2) is 63.7 Å². The average Bonchev–Trinajstić information content (AvgIpc) is 3.15. The van der Waals surface area contributed by atoms with E-state index in [9.17, 15) is 13.2 Å². The summed E-state index contributed by atoms with van der Waals surface area (Å²) in [4.78, 5) is 17.8. The molecule has 0 aliphatic rings. The number of aromatic nitrogens is 1. The summed E-state index contributed by atoms with van der Waals surface area (Å²) in [6.07, 6.45) is 5.56. The molecule has 186 valence electrons. The van der Waals surface area contributed by atoms with Crippen molar-refractivity contribution in [3.63, 3.8) is 0 Å². The average molecular weight is 516 g/mol. The number of fused-ring (bicyclic) bond motifs is 1. The minimum absolute atomic E-state index is 0.0801. The van der Waals surface area contributed by atoms with E-state index in [1.807, 2.05) is 24.5 Å². The standard InChI is InChI=1S/C25H29N3O5S2/c1-6-11-28-22-16-18(2)19(3)17-23(22)34-25(28)26-24(29)20-7-9-21(10-8-20)35(30,31)27(12-14-32-4)13-15-33-5/h1,7-10,16-17H,11-15H2,2-5H3. The van der Waals surface area contributed by atoms with Crippen LogP contribution in [0.15, 0.2) is 46.3 Å². The van der Waals surface area contributed by atoms with E-state index in [0.29, 0.717) is 4.80 Å². The minimum atomic E-state index is -3.78. The van der Waals surface area contributed by atoms with Gasteiger partial charge in [-0.05, 0) is 61.4 Å². The normalized spacial score (nSPS) is 12.4. The lowest BCUT2D eigenvalue weighted by atomic mass is 10.1. The molecule has 10 heteroatoms. The van der Waals surface area contributed by atoms with Crippen molar-refractivity contribution < 1.29 is 22.7 Å². The number of terminal acetylenes is 1. The number of thiazole rings is 1. The van der Waals surface area contributed by atoms with Gasteiger partial charge in [0.25, 0.3) is 5.91 Å². The number of hydrogen-bond donors (Lipinski definition) is 0. The summed E-state index contributed by atoms with van der Waals surface area (Å²) in [5, 5.41) is 0. The van der Waals surface area contributed by atoms with Gasteiger partial charge in [0.1, 0.15) is 0 Å². The number of methoxy groups -OCH3 is 2. The molecule has 1 heterocycles. The second-order valence-electron chi connectivity index (χ2n) is 7.91. The van der Waals surface area contributed by atoms with E-state index in [4.69, 9.17) is 15.9 Å². The highest BCUT2D eigenvalue weighted by Gasteiger charge is 2.24. The number of ether oxygens (including phenoxy) is 2. The van der Waals surface area contributed by atoms with Gasteiger partial charge in [-0.2, -0.15) is 9.30 Å². The van der Waals surface area contributed by atoms with Gasteiger partial charge in [-0.25, -0.2) is 8.42 Å². The Morgan fingerprint density at radius 2 is 1.69 bits per heavy atom. The Kier molecular flexibility index (Phi) is 8.99. The lowest BCUT2D eigenvalue weighted by molar-refractivity contribution is 0.0998. The van der Waals surface area contributed by atoms with Crippen LogP contribution in [0.2, 0.25) is 0 Å². The van der Waals surface area contributed by atoms with E-state index in [1.54, 1.807) is 0 Å². The second-order valence-corrected chi connectivity index (χ2v) is 10.9. The van der Waals surface area contributed by atoms with Crippen LogP contribution >= 0.6 is 11.3 Å². The fourth-order valence-corrected chi connectivity index (χ4v) is 5.97. The third kappa shape index (κ3) is 6.07. The summed E-state index contributed by atoms with van der Waals surface area (Å²) in [5.41, 5.74) is 3.48. The zero-order valence-corrected chi connectivity index (χ0v) is 21.9. The van der Waals surface area contributed by atoms with Crippen LogP contribution in [0.3, 0.4) is 0 Å². The summed E-state index contributed by atoms with van der Waals surface area (Å²) >= 11 is 1.39. The number of amides is 1. The lowest BCUT2D eigenvalue weighted by Gasteiger charge is -2.21. The molecule has 2 aromatic carbocycles. The number of carbonyl (C=O) groups is 1. The van der Waals surface area contributed by atoms with Gasteiger partial charge in [0, 0.05) is 32.9 Å². The summed E-state index contributed by atoms with van der Waals surface area (Å²) in [6, 6.07) is 9.87. The van der Waals surface area contributed by atoms with Crippen LogP contribution in [0.4, 0.5) is 0 Å². The topological polar surface area (TPSA) is 90.2 Å². The predicted octanol–water partition coefficient (Wildman–Crippen LogP) is 2.98. The number of rotatable bonds is 10. The Labute approximate surface area is 209 Å². The van der Waals surface area contributed by atoms with E-state index >= 15 is 0 Å². The Bertz CT molecular complexity index is 1410. The van der Waals surface area contributed by atoms with Crippen LogP contribution in [0.5, 0.6) is 0 Å². The molecule has 1 amide bonds. The van der Waals surface area contributed by atoms with Crippen molar-refractivity contribution >= 4 is 37.5 Å². The Hall–Kier alpha value is -2.81. The summed E-state index contributed by atoms with van der Waals surface area (Å²) in [7, 11) is -0.757. The van der Waals surface area contributed by atoms with Gasteiger partial charge in [0.2, 0.25) is 10.0 Å². The van der Waals surface area contributed by atoms with Crippen molar-refractivity contribution in [2.75, 3.05) is 40.5 Å². The minimum Gasteiger partial charge on any atom is -0.383 e. The van der Waals surface area contributed by atoms with E-state index < -0.39 is 15.9 Å². The van der Waals surface area contributed by atoms with Gasteiger partial charge in [0.05, 0.1) is 34.9 Å². The zero-order chi connectivity index (χ0) is 25.6. The second kappa shape index (κ2) is 11.7. The first kappa shape index (κ1) is 26.8. The Morgan fingerprint density at radius 3 is 2.26 bits per heavy atom. The maximum Gasteiger partial charge on any atom is 0.279 e. The summed E-state index contributed by atoms with van der Waals surface area (Å²) in [5.74, 6) is 2.15. The number of aryl methyl sites for hydroxylation is 2. The van der Waals surface area contributed by atoms with Crippen molar-refractivity contribution in [1.29, 1.82) is 0 Å². The van der Waals surface area contributed by atoms with Crippen molar-refractivity contribution in [2.45, 2.75) is 25.3 Å². The maximum atomic E-state index is 13.1. The molecule has 3 aromatic rings. The fourth-order valence-electron chi connectivity index (χ4n) is 3.46. The predicted molar refractivity (Wildman–Crippen MR) is 137 cm³/mol. The van der Waals surface area contributed by atoms with Gasteiger partial charge in [-0.1, -0.05) is 17.3 Å². The molecular formula is C25H29N3O5S2. The van der Waals surface area contributed by atoms with Crippen molar-refractivity contribution in [1.82, 2.24) is 8.87 Å². The summed E-state index contributed by atoms with van der Waals surface area (Å²) < 4.78 is 40.3. The molecule has 0 spiro atoms. The molecule has 35 heavy (non-hydrogen) atoms. The number of carbonyl (C=O) groups excluding carboxylic acids is 1. The van der Waals surface area contributed by atoms with E-state index in [-0.39, 0.29) is 43.3 Å². The molecule has 0 aliphatic heterocycles. The zero-order valence-electron chi connectivity index (χ0n) is 20.3. The number of benzene rings is 2. The number of hydrogen-bond acceptors (Lipinski definition) is 6. The van der Waals surface area contributed by atoms with Crippen molar-refractivity contribution in [3.8, 4) is 12.3 Å². The first-order valence-corrected chi connectivity index (χ1v) is 13.2. The smallest absolute Gasteiger partial charge is 0.279 e. The van der Waals surface area contributed by atoms with E-state index in [2.05, 4.69) is 17.0 Å². The van der Waals surface area contributed by atoms with Crippen LogP contribution < -0.4 is 4.80 Å². The molecule has 3 rings (SSSR count). The molecule has 0 radical (unpaired) electrons. The number of sulfonamides is 1. The van der Waals surface area contributed by atoms with Crippen LogP contribution in [0, 0.1) is 26.2 Å². The van der Waals surface area contributed by atoms with Gasteiger partial charge >= 0.3 is 0 Å². The van der Waals surface area contributed by atoms with E-state index in [0.717, 1.165) is 21.3 Å². The fraction of sp³-hybridized carbons (Fsp3) is 0.360. The monoisotopic (exact) mass is 515 g/mol. The molecule has 0 fully saturated rings. The molecule has 8 nitrogen and oxygen atoms in total. The summed E-state index contributed by atoms with van der Waals surface area (Å²) in [6.45, 7) is 5.23. The van der Waals surface area contributed by atoms with Crippen LogP contribution in [0.25, 0.3) is 10.2 Å². The third-order valence-corrected chi connectivity index (χ3v) is 8.53. The molecule has 0 unspecified atom stereocenters. The Morgan fingerprint density at radius 1 is 1.09 bits per heavy atom. The number of nitrogens with zero attached hydrogens (tertiary/aromatic N) is 3. The first-order chi connectivity index (χ1) is 16.7. The van der Waals surface area contributed by atoms with Crippen molar-refractivity contribution in [2.24, 2.45) is 4.99 Å². The van der Waals surface area contributed by atoms with Crippen LogP contribution in [-0.2, 0) is 26.0 Å². The molecule has 0 saturated carbocycles. The third-order valence-electron chi connectivity index (χ3n) is 5.57. The van der Waals surface area contributed by atoms with Gasteiger partial charge in [0.15, 0.2) is 4.80 Å². The lowest BCUT2D eigenvalue weighted by Crippen LogP contribution is -2.36. The largest absolute Gasteiger partial charge is 0.383 e.